The number of hydrogen-bond acceptors (Lipinski definition) is 11. The van der Waals surface area contributed by atoms with Gasteiger partial charge in [0.05, 0.1) is 52.8 Å². The molecule has 51 heavy (non-hydrogen) atoms. The molecule has 11 nitrogen and oxygen atoms in total. The van der Waals surface area contributed by atoms with Crippen molar-refractivity contribution in [1.29, 1.82) is 0 Å². The van der Waals surface area contributed by atoms with E-state index >= 15 is 0 Å². The quantitative estimate of drug-likeness (QED) is 0.204. The third-order valence-electron chi connectivity index (χ3n) is 11.4. The summed E-state index contributed by atoms with van der Waals surface area (Å²) in [5, 5.41) is 19.1. The van der Waals surface area contributed by atoms with Crippen molar-refractivity contribution in [3.05, 3.63) is 35.7 Å². The van der Waals surface area contributed by atoms with Gasteiger partial charge >= 0.3 is 6.01 Å². The average molecular weight is 716 g/mol. The largest absolute Gasteiger partial charge is 0.461 e. The van der Waals surface area contributed by atoms with Gasteiger partial charge in [-0.25, -0.2) is 9.07 Å². The van der Waals surface area contributed by atoms with Crippen LogP contribution in [0.5, 0.6) is 6.01 Å². The minimum Gasteiger partial charge on any atom is -0.461 e. The molecule has 0 aliphatic carbocycles. The molecule has 4 aromatic heterocycles. The molecular formula is C38H46FN7O4S. The normalized spacial score (nSPS) is 27.5. The number of β-amino-alcohol motifs (C(OH)–C–C–N with tert-alkyl or cyclic N) is 1. The molecule has 4 aliphatic heterocycles. The van der Waals surface area contributed by atoms with Crippen LogP contribution in [0.15, 0.2) is 24.5 Å². The first-order valence-electron chi connectivity index (χ1n) is 18.5. The van der Waals surface area contributed by atoms with E-state index < -0.39 is 11.8 Å². The van der Waals surface area contributed by atoms with Crippen molar-refractivity contribution in [2.45, 2.75) is 89.3 Å². The molecule has 9 rings (SSSR count). The van der Waals surface area contributed by atoms with Crippen LogP contribution in [0.4, 0.5) is 10.2 Å². The lowest BCUT2D eigenvalue weighted by atomic mass is 9.93. The van der Waals surface area contributed by atoms with Gasteiger partial charge in [-0.2, -0.15) is 15.1 Å². The van der Waals surface area contributed by atoms with Gasteiger partial charge in [-0.3, -0.25) is 9.88 Å². The van der Waals surface area contributed by atoms with Crippen molar-refractivity contribution < 1.29 is 23.7 Å². The first-order valence-corrected chi connectivity index (χ1v) is 19.3. The summed E-state index contributed by atoms with van der Waals surface area (Å²) in [6.07, 6.45) is 9.33. The maximum atomic E-state index is 14.6. The van der Waals surface area contributed by atoms with E-state index in [2.05, 4.69) is 34.4 Å². The summed E-state index contributed by atoms with van der Waals surface area (Å²) in [7, 11) is 0. The topological polar surface area (TPSA) is 111 Å². The molecular weight excluding hydrogens is 670 g/mol. The second kappa shape index (κ2) is 12.9. The Morgan fingerprint density at radius 1 is 1.16 bits per heavy atom. The second-order valence-electron chi connectivity index (χ2n) is 15.2. The van der Waals surface area contributed by atoms with Crippen LogP contribution in [0.1, 0.15) is 69.7 Å². The number of aryl methyl sites for hydroxylation is 1. The Morgan fingerprint density at radius 2 is 2.06 bits per heavy atom. The minimum atomic E-state index is -1.07. The number of hydrogen-bond donors (Lipinski definition) is 1. The zero-order valence-corrected chi connectivity index (χ0v) is 30.5. The third-order valence-corrected chi connectivity index (χ3v) is 12.5. The average Bonchev–Trinajstić information content (AvgIpc) is 3.86. The van der Waals surface area contributed by atoms with Crippen LogP contribution in [0.25, 0.3) is 42.5 Å². The summed E-state index contributed by atoms with van der Waals surface area (Å²) in [6, 6.07) is 4.56. The lowest BCUT2D eigenvalue weighted by Gasteiger charge is -2.31. The van der Waals surface area contributed by atoms with Gasteiger partial charge in [0.15, 0.2) is 6.23 Å². The SMILES string of the molecule is CCc1c(C)cc2c(cnn2C2CCCCO2)c1-c1nccc2c1sc1nc(OC[C@@]34CCCN3C[C@H](F)C4)nc(N3CCOC[C@@](C)(O)C3)c12. The molecule has 270 valence electrons. The fourth-order valence-electron chi connectivity index (χ4n) is 9.10. The van der Waals surface area contributed by atoms with E-state index in [0.717, 1.165) is 94.1 Å². The Hall–Kier alpha value is -3.49. The summed E-state index contributed by atoms with van der Waals surface area (Å²) in [4.78, 5) is 20.3. The highest BCUT2D eigenvalue weighted by Crippen LogP contribution is 2.46. The molecule has 0 saturated carbocycles. The molecule has 0 bridgehead atoms. The van der Waals surface area contributed by atoms with Gasteiger partial charge < -0.3 is 24.2 Å². The summed E-state index contributed by atoms with van der Waals surface area (Å²) in [6.45, 7) is 10.2. The highest BCUT2D eigenvalue weighted by molar-refractivity contribution is 7.26. The maximum absolute atomic E-state index is 14.6. The molecule has 1 aromatic carbocycles. The van der Waals surface area contributed by atoms with Crippen molar-refractivity contribution in [2.75, 3.05) is 57.5 Å². The van der Waals surface area contributed by atoms with E-state index in [1.807, 2.05) is 18.5 Å². The molecule has 5 aromatic rings. The molecule has 0 spiro atoms. The number of halogens is 1. The van der Waals surface area contributed by atoms with Gasteiger partial charge in [-0.05, 0) is 82.2 Å². The summed E-state index contributed by atoms with van der Waals surface area (Å²) in [5.41, 5.74) is 4.08. The van der Waals surface area contributed by atoms with E-state index in [1.165, 1.54) is 11.1 Å². The summed E-state index contributed by atoms with van der Waals surface area (Å²) < 4.78 is 36.1. The van der Waals surface area contributed by atoms with E-state index in [1.54, 1.807) is 18.3 Å². The number of nitrogens with zero attached hydrogens (tertiary/aromatic N) is 7. The number of aromatic nitrogens is 5. The van der Waals surface area contributed by atoms with Crippen LogP contribution in [-0.2, 0) is 15.9 Å². The van der Waals surface area contributed by atoms with Crippen molar-refractivity contribution >= 4 is 48.4 Å². The zero-order valence-electron chi connectivity index (χ0n) is 29.7. The monoisotopic (exact) mass is 715 g/mol. The van der Waals surface area contributed by atoms with E-state index in [9.17, 15) is 9.50 Å². The molecule has 4 aliphatic rings. The van der Waals surface area contributed by atoms with Gasteiger partial charge in [-0.15, -0.1) is 11.3 Å². The lowest BCUT2D eigenvalue weighted by molar-refractivity contribution is -0.0366. The van der Waals surface area contributed by atoms with Crippen LogP contribution < -0.4 is 9.64 Å². The van der Waals surface area contributed by atoms with E-state index in [-0.39, 0.29) is 24.4 Å². The van der Waals surface area contributed by atoms with Crippen molar-refractivity contribution in [3.8, 4) is 17.3 Å². The number of ether oxygens (including phenoxy) is 3. The number of aliphatic hydroxyl groups is 1. The number of anilines is 1. The predicted molar refractivity (Wildman–Crippen MR) is 197 cm³/mol. The number of pyridine rings is 1. The van der Waals surface area contributed by atoms with Crippen LogP contribution >= 0.6 is 11.3 Å². The molecule has 4 fully saturated rings. The van der Waals surface area contributed by atoms with Crippen LogP contribution in [0, 0.1) is 6.92 Å². The number of thiophene rings is 1. The summed E-state index contributed by atoms with van der Waals surface area (Å²) in [5.74, 6) is 0.701. The van der Waals surface area contributed by atoms with Crippen molar-refractivity contribution in [2.24, 2.45) is 0 Å². The molecule has 0 radical (unpaired) electrons. The van der Waals surface area contributed by atoms with Gasteiger partial charge in [0.1, 0.15) is 29.0 Å². The van der Waals surface area contributed by atoms with Gasteiger partial charge in [-0.1, -0.05) is 6.92 Å². The Morgan fingerprint density at radius 3 is 2.90 bits per heavy atom. The number of rotatable bonds is 7. The smallest absolute Gasteiger partial charge is 0.319 e. The number of fused-ring (bicyclic) bond motifs is 5. The van der Waals surface area contributed by atoms with Gasteiger partial charge in [0.2, 0.25) is 0 Å². The molecule has 4 saturated heterocycles. The van der Waals surface area contributed by atoms with Crippen LogP contribution in [0.3, 0.4) is 0 Å². The molecule has 1 unspecified atom stereocenters. The lowest BCUT2D eigenvalue weighted by Crippen LogP contribution is -2.43. The van der Waals surface area contributed by atoms with E-state index in [0.29, 0.717) is 45.1 Å². The minimum absolute atomic E-state index is 0.0778. The number of benzene rings is 1. The Bertz CT molecular complexity index is 2110. The molecule has 0 amide bonds. The first-order chi connectivity index (χ1) is 24.7. The fraction of sp³-hybridized carbons (Fsp3) is 0.579. The molecule has 8 heterocycles. The highest BCUT2D eigenvalue weighted by atomic mass is 32.1. The predicted octanol–water partition coefficient (Wildman–Crippen LogP) is 6.37. The fourth-order valence-corrected chi connectivity index (χ4v) is 10.3. The zero-order chi connectivity index (χ0) is 34.9. The van der Waals surface area contributed by atoms with Crippen molar-refractivity contribution in [1.82, 2.24) is 29.6 Å². The van der Waals surface area contributed by atoms with Crippen LogP contribution in [0.2, 0.25) is 0 Å². The molecule has 4 atom stereocenters. The first kappa shape index (κ1) is 33.4. The standard InChI is InChI=1S/C38H46FN7O4S/c1-4-25-23(2)16-28-27(18-41-46(28)29-8-5-6-14-49-29)30(25)32-33-26(9-11-40-32)31-34(44-13-15-48-21-37(3,47)20-44)42-36(43-35(31)51-33)50-22-38-10-7-12-45(38)19-24(39)17-38/h9,11,16,18,24,29,47H,4-8,10,12-15,17,19-22H2,1-3H3/t24-,29?,37+,38+/m1/s1. The summed E-state index contributed by atoms with van der Waals surface area (Å²) >= 11 is 1.59. The van der Waals surface area contributed by atoms with E-state index in [4.69, 9.17) is 34.3 Å². The molecule has 13 heteroatoms. The van der Waals surface area contributed by atoms with Gasteiger partial charge in [0.25, 0.3) is 0 Å². The Labute approximate surface area is 300 Å². The second-order valence-corrected chi connectivity index (χ2v) is 16.2. The Kier molecular flexibility index (Phi) is 8.42. The van der Waals surface area contributed by atoms with Crippen molar-refractivity contribution in [3.63, 3.8) is 0 Å². The highest BCUT2D eigenvalue weighted by Gasteiger charge is 2.49. The van der Waals surface area contributed by atoms with Gasteiger partial charge in [0, 0.05) is 48.6 Å². The molecule has 1 N–H and O–H groups in total. The maximum Gasteiger partial charge on any atom is 0.319 e. The number of alkyl halides is 1. The third kappa shape index (κ3) is 5.76. The Balaban J connectivity index is 1.21. The van der Waals surface area contributed by atoms with Crippen LogP contribution in [-0.4, -0.2) is 105 Å².